The van der Waals surface area contributed by atoms with E-state index in [4.69, 9.17) is 0 Å². The summed E-state index contributed by atoms with van der Waals surface area (Å²) in [6, 6.07) is 5.30. The van der Waals surface area contributed by atoms with E-state index in [1.165, 1.54) is 12.1 Å². The van der Waals surface area contributed by atoms with Gasteiger partial charge in [-0.25, -0.2) is 18.2 Å². The van der Waals surface area contributed by atoms with Crippen LogP contribution in [0.2, 0.25) is 0 Å². The van der Waals surface area contributed by atoms with Crippen molar-refractivity contribution in [1.82, 2.24) is 25.0 Å². The minimum absolute atomic E-state index is 0.0731. The van der Waals surface area contributed by atoms with Crippen molar-refractivity contribution >= 4 is 15.9 Å². The number of aromatic nitrogens is 3. The summed E-state index contributed by atoms with van der Waals surface area (Å²) in [7, 11) is -5.33. The molecule has 9 nitrogen and oxygen atoms in total. The molecule has 2 saturated heterocycles. The summed E-state index contributed by atoms with van der Waals surface area (Å²) < 4.78 is 61.8. The number of nitrogens with zero attached hydrogens (tertiary/aromatic N) is 4. The smallest absolute Gasteiger partial charge is 0.382 e. The van der Waals surface area contributed by atoms with Gasteiger partial charge in [0.15, 0.2) is 5.82 Å². The van der Waals surface area contributed by atoms with Gasteiger partial charge >= 0.3 is 11.5 Å². The predicted molar refractivity (Wildman–Crippen MR) is 134 cm³/mol. The highest BCUT2D eigenvalue weighted by Gasteiger charge is 2.72. The molecule has 0 atom stereocenters. The lowest BCUT2D eigenvalue weighted by Crippen LogP contribution is -2.74. The van der Waals surface area contributed by atoms with Gasteiger partial charge < -0.3 is 14.9 Å². The Balaban J connectivity index is 0.805. The minimum atomic E-state index is -5.33. The summed E-state index contributed by atoms with van der Waals surface area (Å²) in [5.41, 5.74) is -4.95. The Kier molecular flexibility index (Phi) is 4.63. The van der Waals surface area contributed by atoms with Crippen molar-refractivity contribution in [2.75, 3.05) is 26.2 Å². The molecule has 214 valence electrons. The second-order valence-electron chi connectivity index (χ2n) is 13.6. The number of aliphatic hydroxyl groups is 1. The molecule has 0 unspecified atom stereocenters. The molecule has 5 aliphatic carbocycles. The molecule has 3 heterocycles. The van der Waals surface area contributed by atoms with Crippen LogP contribution >= 0.6 is 0 Å². The maximum atomic E-state index is 13.0. The fraction of sp³-hybridized carbons (Fsp3) is 0.667. The SMILES string of the molecule is O=C(N1CC(C23CC(c4ccc(S(=O)(=O)C(F)(F)F)cc4)(C2)C3)C1)N1CC2(CC(c3nc(C4(O)CC4)n[nH]3)C2)C1. The molecule has 13 heteroatoms. The van der Waals surface area contributed by atoms with Crippen molar-refractivity contribution in [3.05, 3.63) is 41.5 Å². The number of benzene rings is 1. The van der Waals surface area contributed by atoms with E-state index in [2.05, 4.69) is 15.2 Å². The number of aromatic amines is 1. The van der Waals surface area contributed by atoms with Crippen molar-refractivity contribution in [2.45, 2.75) is 72.3 Å². The first kappa shape index (κ1) is 25.1. The number of rotatable bonds is 5. The molecule has 7 fully saturated rings. The third-order valence-electron chi connectivity index (χ3n) is 10.9. The number of nitrogens with one attached hydrogen (secondary N) is 1. The Hall–Kier alpha value is -2.67. The van der Waals surface area contributed by atoms with E-state index in [1.54, 1.807) is 0 Å². The summed E-state index contributed by atoms with van der Waals surface area (Å²) in [5, 5.41) is 17.4. The van der Waals surface area contributed by atoms with Crippen molar-refractivity contribution in [1.29, 1.82) is 0 Å². The highest BCUT2D eigenvalue weighted by atomic mass is 32.2. The third kappa shape index (κ3) is 3.30. The van der Waals surface area contributed by atoms with Crippen LogP contribution in [0.15, 0.2) is 29.2 Å². The number of carbonyl (C=O) groups is 1. The molecular weight excluding hydrogens is 547 g/mol. The van der Waals surface area contributed by atoms with E-state index in [0.29, 0.717) is 30.5 Å². The summed E-state index contributed by atoms with van der Waals surface area (Å²) in [5.74, 6) is 2.09. The number of likely N-dealkylation sites (tertiary alicyclic amines) is 2. The second kappa shape index (κ2) is 7.39. The first-order valence-electron chi connectivity index (χ1n) is 13.9. The van der Waals surface area contributed by atoms with E-state index in [1.807, 2.05) is 9.80 Å². The van der Waals surface area contributed by atoms with Gasteiger partial charge in [-0.1, -0.05) is 12.1 Å². The standard InChI is InChI=1S/C27H30F3N5O4S/c28-27(29,30)40(38,39)19-3-1-17(2-4-19)24-11-25(12-24,13-24)18-9-34(10-18)22(36)35-14-23(15-35)7-16(8-23)20-31-21(33-32-20)26(37)5-6-26/h1-4,16,18,37H,5-15H2,(H,31,32,33). The van der Waals surface area contributed by atoms with Gasteiger partial charge in [0, 0.05) is 37.5 Å². The molecule has 2 bridgehead atoms. The number of halogens is 3. The number of H-pyrrole nitrogens is 1. The average molecular weight is 578 g/mol. The average Bonchev–Trinajstić information content (AvgIpc) is 3.31. The largest absolute Gasteiger partial charge is 0.501 e. The third-order valence-corrected chi connectivity index (χ3v) is 12.4. The fourth-order valence-electron chi connectivity index (χ4n) is 8.29. The van der Waals surface area contributed by atoms with E-state index in [-0.39, 0.29) is 22.3 Å². The summed E-state index contributed by atoms with van der Waals surface area (Å²) in [6.07, 6.45) is 6.19. The van der Waals surface area contributed by atoms with Crippen LogP contribution in [0.5, 0.6) is 0 Å². The molecule has 5 saturated carbocycles. The Morgan fingerprint density at radius 2 is 1.65 bits per heavy atom. The van der Waals surface area contributed by atoms with E-state index >= 15 is 0 Å². The number of alkyl halides is 3. The van der Waals surface area contributed by atoms with Crippen LogP contribution in [0.1, 0.15) is 68.1 Å². The van der Waals surface area contributed by atoms with Gasteiger partial charge in [0.1, 0.15) is 11.4 Å². The Bertz CT molecular complexity index is 1490. The van der Waals surface area contributed by atoms with Crippen LogP contribution in [-0.2, 0) is 20.9 Å². The second-order valence-corrected chi connectivity index (χ2v) is 15.5. The van der Waals surface area contributed by atoms with Crippen molar-refractivity contribution < 1.29 is 31.5 Å². The van der Waals surface area contributed by atoms with Crippen LogP contribution in [-0.4, -0.2) is 76.2 Å². The normalized spacial score (nSPS) is 32.0. The van der Waals surface area contributed by atoms with E-state index in [9.17, 15) is 31.5 Å². The number of hydrogen-bond acceptors (Lipinski definition) is 6. The minimum Gasteiger partial charge on any atom is -0.382 e. The van der Waals surface area contributed by atoms with Gasteiger partial charge in [-0.15, -0.1) is 0 Å². The zero-order valence-corrected chi connectivity index (χ0v) is 22.6. The summed E-state index contributed by atoms with van der Waals surface area (Å²) in [6.45, 7) is 3.02. The number of carbonyl (C=O) groups excluding carboxylic acids is 1. The highest BCUT2D eigenvalue weighted by Crippen LogP contribution is 2.77. The van der Waals surface area contributed by atoms with Crippen LogP contribution < -0.4 is 0 Å². The molecular formula is C27H30F3N5O4S. The molecule has 2 amide bonds. The lowest BCUT2D eigenvalue weighted by atomic mass is 9.30. The Morgan fingerprint density at radius 1 is 1.02 bits per heavy atom. The first-order valence-corrected chi connectivity index (χ1v) is 15.4. The van der Waals surface area contributed by atoms with Crippen LogP contribution in [0, 0.1) is 16.7 Å². The molecule has 2 N–H and O–H groups in total. The van der Waals surface area contributed by atoms with Crippen molar-refractivity contribution in [3.63, 3.8) is 0 Å². The maximum absolute atomic E-state index is 13.0. The van der Waals surface area contributed by atoms with E-state index in [0.717, 1.165) is 81.8 Å². The van der Waals surface area contributed by atoms with Gasteiger partial charge in [-0.05, 0) is 79.4 Å². The lowest BCUT2D eigenvalue weighted by Gasteiger charge is -2.76. The summed E-state index contributed by atoms with van der Waals surface area (Å²) >= 11 is 0. The number of sulfone groups is 1. The fourth-order valence-corrected chi connectivity index (χ4v) is 9.05. The molecule has 7 aliphatic rings. The van der Waals surface area contributed by atoms with E-state index < -0.39 is 25.8 Å². The number of urea groups is 1. The predicted octanol–water partition coefficient (Wildman–Crippen LogP) is 3.43. The van der Waals surface area contributed by atoms with Crippen LogP contribution in [0.3, 0.4) is 0 Å². The van der Waals surface area contributed by atoms with Gasteiger partial charge in [-0.2, -0.15) is 18.3 Å². The van der Waals surface area contributed by atoms with Crippen LogP contribution in [0.4, 0.5) is 18.0 Å². The van der Waals surface area contributed by atoms with Crippen molar-refractivity contribution in [2.24, 2.45) is 16.7 Å². The molecule has 2 aliphatic heterocycles. The highest BCUT2D eigenvalue weighted by molar-refractivity contribution is 7.92. The van der Waals surface area contributed by atoms with Gasteiger partial charge in [0.2, 0.25) is 0 Å². The zero-order valence-electron chi connectivity index (χ0n) is 21.7. The monoisotopic (exact) mass is 577 g/mol. The van der Waals surface area contributed by atoms with Crippen LogP contribution in [0.25, 0.3) is 0 Å². The maximum Gasteiger partial charge on any atom is 0.501 e. The van der Waals surface area contributed by atoms with Gasteiger partial charge in [0.05, 0.1) is 4.90 Å². The Morgan fingerprint density at radius 3 is 2.23 bits per heavy atom. The Labute approximate surface area is 229 Å². The lowest BCUT2D eigenvalue weighted by molar-refractivity contribution is -0.208. The molecule has 1 spiro atoms. The first-order chi connectivity index (χ1) is 18.8. The molecule has 40 heavy (non-hydrogen) atoms. The zero-order chi connectivity index (χ0) is 27.9. The molecule has 1 aromatic carbocycles. The summed E-state index contributed by atoms with van der Waals surface area (Å²) in [4.78, 5) is 20.7. The molecule has 0 radical (unpaired) electrons. The van der Waals surface area contributed by atoms with Gasteiger partial charge in [0.25, 0.3) is 9.84 Å². The molecule has 9 rings (SSSR count). The van der Waals surface area contributed by atoms with Gasteiger partial charge in [-0.3, -0.25) is 5.10 Å². The number of hydrogen-bond donors (Lipinski definition) is 2. The molecule has 1 aromatic heterocycles. The molecule has 2 aromatic rings. The van der Waals surface area contributed by atoms with Crippen molar-refractivity contribution in [3.8, 4) is 0 Å². The quantitative estimate of drug-likeness (QED) is 0.562. The number of amides is 2. The topological polar surface area (TPSA) is 119 Å².